The minimum absolute atomic E-state index is 0.232. The zero-order valence-electron chi connectivity index (χ0n) is 10.0. The van der Waals surface area contributed by atoms with E-state index >= 15 is 0 Å². The molecule has 1 aliphatic rings. The maximum atomic E-state index is 11.6. The Morgan fingerprint density at radius 3 is 2.73 bits per heavy atom. The second kappa shape index (κ2) is 6.83. The van der Waals surface area contributed by atoms with Gasteiger partial charge in [0.15, 0.2) is 0 Å². The van der Waals surface area contributed by atoms with Crippen LogP contribution in [0.2, 0.25) is 0 Å². The molecule has 1 fully saturated rings. The smallest absolute Gasteiger partial charge is 0.220 e. The highest BCUT2D eigenvalue weighted by atomic mass is 16.1. The van der Waals surface area contributed by atoms with Gasteiger partial charge in [0.05, 0.1) is 0 Å². The predicted octanol–water partition coefficient (Wildman–Crippen LogP) is 1.54. The molecule has 3 heteroatoms. The summed E-state index contributed by atoms with van der Waals surface area (Å²) >= 11 is 0. The minimum Gasteiger partial charge on any atom is -0.356 e. The van der Waals surface area contributed by atoms with Crippen LogP contribution in [0.4, 0.5) is 0 Å². The van der Waals surface area contributed by atoms with Crippen LogP contribution in [0, 0.1) is 11.8 Å². The SMILES string of the molecule is CCC(CC)CNC(=O)CC1CCNC1. The van der Waals surface area contributed by atoms with Gasteiger partial charge in [-0.1, -0.05) is 26.7 Å². The van der Waals surface area contributed by atoms with Crippen molar-refractivity contribution in [2.45, 2.75) is 39.5 Å². The lowest BCUT2D eigenvalue weighted by molar-refractivity contribution is -0.122. The van der Waals surface area contributed by atoms with E-state index < -0.39 is 0 Å². The van der Waals surface area contributed by atoms with Crippen molar-refractivity contribution in [1.82, 2.24) is 10.6 Å². The molecule has 0 aromatic rings. The summed E-state index contributed by atoms with van der Waals surface area (Å²) in [6.07, 6.45) is 4.16. The first-order valence-corrected chi connectivity index (χ1v) is 6.23. The lowest BCUT2D eigenvalue weighted by Gasteiger charge is -2.14. The Labute approximate surface area is 93.0 Å². The van der Waals surface area contributed by atoms with Gasteiger partial charge in [-0.05, 0) is 31.3 Å². The monoisotopic (exact) mass is 212 g/mol. The van der Waals surface area contributed by atoms with Crippen LogP contribution in [0.1, 0.15) is 39.5 Å². The van der Waals surface area contributed by atoms with Gasteiger partial charge in [-0.3, -0.25) is 4.79 Å². The molecule has 0 aliphatic carbocycles. The van der Waals surface area contributed by atoms with Crippen molar-refractivity contribution in [1.29, 1.82) is 0 Å². The van der Waals surface area contributed by atoms with Crippen LogP contribution in [-0.4, -0.2) is 25.5 Å². The molecule has 0 saturated carbocycles. The van der Waals surface area contributed by atoms with Crippen molar-refractivity contribution in [3.8, 4) is 0 Å². The van der Waals surface area contributed by atoms with Crippen molar-refractivity contribution in [2.24, 2.45) is 11.8 Å². The van der Waals surface area contributed by atoms with Crippen LogP contribution in [0.25, 0.3) is 0 Å². The van der Waals surface area contributed by atoms with Gasteiger partial charge >= 0.3 is 0 Å². The third-order valence-electron chi connectivity index (χ3n) is 3.38. The first kappa shape index (κ1) is 12.5. The highest BCUT2D eigenvalue weighted by Gasteiger charge is 2.18. The van der Waals surface area contributed by atoms with Gasteiger partial charge < -0.3 is 10.6 Å². The number of rotatable bonds is 6. The fourth-order valence-corrected chi connectivity index (χ4v) is 2.06. The summed E-state index contributed by atoms with van der Waals surface area (Å²) in [5.41, 5.74) is 0. The summed E-state index contributed by atoms with van der Waals surface area (Å²) in [6, 6.07) is 0. The van der Waals surface area contributed by atoms with Crippen molar-refractivity contribution < 1.29 is 4.79 Å². The number of amides is 1. The average molecular weight is 212 g/mol. The summed E-state index contributed by atoms with van der Waals surface area (Å²) in [4.78, 5) is 11.6. The maximum absolute atomic E-state index is 11.6. The minimum atomic E-state index is 0.232. The molecular formula is C12H24N2O. The van der Waals surface area contributed by atoms with Crippen molar-refractivity contribution in [2.75, 3.05) is 19.6 Å². The molecule has 0 radical (unpaired) electrons. The van der Waals surface area contributed by atoms with Gasteiger partial charge in [-0.2, -0.15) is 0 Å². The van der Waals surface area contributed by atoms with Gasteiger partial charge in [0.1, 0.15) is 0 Å². The average Bonchev–Trinajstić information content (AvgIpc) is 2.72. The lowest BCUT2D eigenvalue weighted by atomic mass is 10.0. The van der Waals surface area contributed by atoms with Crippen LogP contribution in [-0.2, 0) is 4.79 Å². The van der Waals surface area contributed by atoms with E-state index in [1.54, 1.807) is 0 Å². The molecule has 1 unspecified atom stereocenters. The number of hydrogen-bond acceptors (Lipinski definition) is 2. The molecule has 3 nitrogen and oxygen atoms in total. The van der Waals surface area contributed by atoms with E-state index in [0.717, 1.165) is 38.9 Å². The molecule has 1 heterocycles. The topological polar surface area (TPSA) is 41.1 Å². The van der Waals surface area contributed by atoms with Crippen LogP contribution in [0.15, 0.2) is 0 Å². The van der Waals surface area contributed by atoms with Crippen LogP contribution >= 0.6 is 0 Å². The highest BCUT2D eigenvalue weighted by Crippen LogP contribution is 2.12. The molecule has 1 rings (SSSR count). The first-order valence-electron chi connectivity index (χ1n) is 6.23. The number of nitrogens with one attached hydrogen (secondary N) is 2. The van der Waals surface area contributed by atoms with E-state index in [1.807, 2.05) is 0 Å². The molecule has 1 atom stereocenters. The van der Waals surface area contributed by atoms with Crippen molar-refractivity contribution in [3.05, 3.63) is 0 Å². The standard InChI is InChI=1S/C12H24N2O/c1-3-10(4-2)9-14-12(15)7-11-5-6-13-8-11/h10-11,13H,3-9H2,1-2H3,(H,14,15). The zero-order chi connectivity index (χ0) is 11.1. The fraction of sp³-hybridized carbons (Fsp3) is 0.917. The third kappa shape index (κ3) is 4.65. The molecule has 0 bridgehead atoms. The molecule has 2 N–H and O–H groups in total. The Balaban J connectivity index is 2.12. The molecule has 88 valence electrons. The Hall–Kier alpha value is -0.570. The summed E-state index contributed by atoms with van der Waals surface area (Å²) in [6.45, 7) is 7.30. The highest BCUT2D eigenvalue weighted by molar-refractivity contribution is 5.76. The van der Waals surface area contributed by atoms with Crippen LogP contribution < -0.4 is 10.6 Å². The van der Waals surface area contributed by atoms with Gasteiger partial charge in [-0.15, -0.1) is 0 Å². The van der Waals surface area contributed by atoms with Crippen molar-refractivity contribution in [3.63, 3.8) is 0 Å². The third-order valence-corrected chi connectivity index (χ3v) is 3.38. The molecular weight excluding hydrogens is 188 g/mol. The number of carbonyl (C=O) groups is 1. The van der Waals surface area contributed by atoms with Crippen LogP contribution in [0.3, 0.4) is 0 Å². The first-order chi connectivity index (χ1) is 7.26. The Bertz CT molecular complexity index is 184. The molecule has 1 saturated heterocycles. The molecule has 1 amide bonds. The molecule has 15 heavy (non-hydrogen) atoms. The van der Waals surface area contributed by atoms with Crippen LogP contribution in [0.5, 0.6) is 0 Å². The summed E-state index contributed by atoms with van der Waals surface area (Å²) in [5.74, 6) is 1.44. The number of hydrogen-bond donors (Lipinski definition) is 2. The van der Waals surface area contributed by atoms with E-state index in [9.17, 15) is 4.79 Å². The summed E-state index contributed by atoms with van der Waals surface area (Å²) in [5, 5.41) is 6.33. The second-order valence-corrected chi connectivity index (χ2v) is 4.55. The lowest BCUT2D eigenvalue weighted by Crippen LogP contribution is -2.30. The molecule has 0 spiro atoms. The quantitative estimate of drug-likeness (QED) is 0.701. The maximum Gasteiger partial charge on any atom is 0.220 e. The van der Waals surface area contributed by atoms with Gasteiger partial charge in [0, 0.05) is 13.0 Å². The predicted molar refractivity (Wildman–Crippen MR) is 62.7 cm³/mol. The van der Waals surface area contributed by atoms with E-state index in [-0.39, 0.29) is 5.91 Å². The molecule has 1 aliphatic heterocycles. The Morgan fingerprint density at radius 1 is 1.47 bits per heavy atom. The molecule has 0 aromatic heterocycles. The van der Waals surface area contributed by atoms with Gasteiger partial charge in [-0.25, -0.2) is 0 Å². The normalized spacial score (nSPS) is 20.9. The van der Waals surface area contributed by atoms with E-state index in [1.165, 1.54) is 0 Å². The Morgan fingerprint density at radius 2 is 2.20 bits per heavy atom. The molecule has 0 aromatic carbocycles. The van der Waals surface area contributed by atoms with Crippen molar-refractivity contribution >= 4 is 5.91 Å². The van der Waals surface area contributed by atoms with E-state index in [4.69, 9.17) is 0 Å². The zero-order valence-corrected chi connectivity index (χ0v) is 10.0. The van der Waals surface area contributed by atoms with E-state index in [0.29, 0.717) is 18.3 Å². The Kier molecular flexibility index (Phi) is 5.69. The van der Waals surface area contributed by atoms with Gasteiger partial charge in [0.25, 0.3) is 0 Å². The summed E-state index contributed by atoms with van der Waals surface area (Å²) in [7, 11) is 0. The van der Waals surface area contributed by atoms with Gasteiger partial charge in [0.2, 0.25) is 5.91 Å². The number of carbonyl (C=O) groups excluding carboxylic acids is 1. The largest absolute Gasteiger partial charge is 0.356 e. The van der Waals surface area contributed by atoms with E-state index in [2.05, 4.69) is 24.5 Å². The summed E-state index contributed by atoms with van der Waals surface area (Å²) < 4.78 is 0. The second-order valence-electron chi connectivity index (χ2n) is 4.55. The fourth-order valence-electron chi connectivity index (χ4n) is 2.06.